The number of hydrogen-bond acceptors (Lipinski definition) is 1. The normalized spacial score (nSPS) is 10.2. The maximum atomic E-state index is 11.5. The minimum absolute atomic E-state index is 0.109. The number of aryl methyl sites for hydroxylation is 1. The predicted molar refractivity (Wildman–Crippen MR) is 72.9 cm³/mol. The van der Waals surface area contributed by atoms with E-state index in [1.165, 1.54) is 5.56 Å². The summed E-state index contributed by atoms with van der Waals surface area (Å²) in [5.41, 5.74) is 2.20. The Bertz CT molecular complexity index is 329. The summed E-state index contributed by atoms with van der Waals surface area (Å²) in [5.74, 6) is 0.109. The lowest BCUT2D eigenvalue weighted by Crippen LogP contribution is -2.10. The first-order valence-electron chi connectivity index (χ1n) is 6.44. The summed E-state index contributed by atoms with van der Waals surface area (Å²) >= 11 is 0. The van der Waals surface area contributed by atoms with E-state index < -0.39 is 0 Å². The second-order valence-electron chi connectivity index (χ2n) is 4.31. The highest BCUT2D eigenvalue weighted by Gasteiger charge is 2.01. The van der Waals surface area contributed by atoms with E-state index in [2.05, 4.69) is 31.3 Å². The monoisotopic (exact) mass is 232 g/mol. The Labute approximate surface area is 104 Å². The first-order chi connectivity index (χ1) is 8.26. The number of hydrogen-bond donors (Lipinski definition) is 1. The zero-order valence-corrected chi connectivity index (χ0v) is 10.7. The summed E-state index contributed by atoms with van der Waals surface area (Å²) in [6.07, 6.45) is 5.76. The molecule has 0 saturated heterocycles. The average molecular weight is 232 g/mol. The average Bonchev–Trinajstić information content (AvgIpc) is 2.35. The summed E-state index contributed by atoms with van der Waals surface area (Å²) in [7, 11) is 0. The van der Waals surface area contributed by atoms with Gasteiger partial charge >= 0.3 is 0 Å². The molecule has 0 unspecified atom stereocenters. The van der Waals surface area contributed by atoms with Crippen LogP contribution in [-0.2, 0) is 11.2 Å². The lowest BCUT2D eigenvalue weighted by molar-refractivity contribution is -0.116. The van der Waals surface area contributed by atoms with E-state index >= 15 is 0 Å². The summed E-state index contributed by atoms with van der Waals surface area (Å²) in [5, 5.41) is 2.91. The molecule has 1 aromatic carbocycles. The summed E-state index contributed by atoms with van der Waals surface area (Å²) in [4.78, 5) is 11.5. The van der Waals surface area contributed by atoms with E-state index in [-0.39, 0.29) is 5.91 Å². The largest absolute Gasteiger partial charge is 0.326 e. The number of anilines is 1. The number of rotatable bonds is 7. The van der Waals surface area contributed by atoms with Crippen molar-refractivity contribution in [3.8, 4) is 0 Å². The smallest absolute Gasteiger partial charge is 0.224 e. The van der Waals surface area contributed by atoms with Gasteiger partial charge in [0.1, 0.15) is 0 Å². The van der Waals surface area contributed by atoms with Gasteiger partial charge in [-0.1, -0.05) is 38.8 Å². The molecule has 0 bridgehead atoms. The van der Waals surface area contributed by atoms with Crippen LogP contribution in [-0.4, -0.2) is 5.91 Å². The molecule has 1 aromatic rings. The number of nitrogens with one attached hydrogen (secondary N) is 1. The van der Waals surface area contributed by atoms with Gasteiger partial charge in [0.25, 0.3) is 0 Å². The van der Waals surface area contributed by atoms with Crippen LogP contribution >= 0.6 is 0 Å². The molecule has 17 heavy (non-hydrogen) atoms. The second kappa shape index (κ2) is 7.88. The minimum Gasteiger partial charge on any atom is -0.326 e. The third-order valence-corrected chi connectivity index (χ3v) is 2.71. The van der Waals surface area contributed by atoms with Crippen molar-refractivity contribution >= 4 is 11.6 Å². The Hall–Kier alpha value is -1.31. The molecule has 0 heterocycles. The van der Waals surface area contributed by atoms with Crippen LogP contribution in [0.3, 0.4) is 0 Å². The van der Waals surface area contributed by atoms with E-state index in [1.54, 1.807) is 0 Å². The van der Waals surface area contributed by atoms with Crippen LogP contribution in [0, 0.1) is 6.92 Å². The Morgan fingerprint density at radius 3 is 2.53 bits per heavy atom. The third kappa shape index (κ3) is 5.53. The standard InChI is InChI=1S/C15H22NO/c1-3-5-7-13-9-11-14(12-10-13)16-15(17)8-6-4-2/h9-12H,1,3-8H2,2H3,(H,16,17). The number of amides is 1. The van der Waals surface area contributed by atoms with E-state index in [0.717, 1.165) is 37.8 Å². The van der Waals surface area contributed by atoms with Gasteiger partial charge in [-0.15, -0.1) is 0 Å². The van der Waals surface area contributed by atoms with Gasteiger partial charge in [0.15, 0.2) is 0 Å². The molecule has 0 aromatic heterocycles. The molecule has 2 nitrogen and oxygen atoms in total. The van der Waals surface area contributed by atoms with Crippen molar-refractivity contribution < 1.29 is 4.79 Å². The topological polar surface area (TPSA) is 29.1 Å². The molecule has 0 spiro atoms. The van der Waals surface area contributed by atoms with Crippen LogP contribution in [0.4, 0.5) is 5.69 Å². The van der Waals surface area contributed by atoms with Gasteiger partial charge in [0.05, 0.1) is 0 Å². The van der Waals surface area contributed by atoms with Gasteiger partial charge in [-0.2, -0.15) is 0 Å². The minimum atomic E-state index is 0.109. The van der Waals surface area contributed by atoms with Crippen molar-refractivity contribution in [3.63, 3.8) is 0 Å². The molecule has 1 amide bonds. The highest BCUT2D eigenvalue weighted by atomic mass is 16.1. The van der Waals surface area contributed by atoms with Crippen LogP contribution in [0.1, 0.15) is 44.6 Å². The molecular weight excluding hydrogens is 210 g/mol. The maximum absolute atomic E-state index is 11.5. The van der Waals surface area contributed by atoms with Gasteiger partial charge in [-0.25, -0.2) is 0 Å². The molecule has 2 heteroatoms. The van der Waals surface area contributed by atoms with E-state index in [0.29, 0.717) is 6.42 Å². The van der Waals surface area contributed by atoms with Crippen LogP contribution < -0.4 is 5.32 Å². The van der Waals surface area contributed by atoms with E-state index in [4.69, 9.17) is 0 Å². The van der Waals surface area contributed by atoms with Gasteiger partial charge < -0.3 is 5.32 Å². The predicted octanol–water partition coefficient (Wildman–Crippen LogP) is 3.97. The van der Waals surface area contributed by atoms with Gasteiger partial charge in [0.2, 0.25) is 5.91 Å². The first kappa shape index (κ1) is 13.8. The van der Waals surface area contributed by atoms with Crippen molar-refractivity contribution in [2.24, 2.45) is 0 Å². The van der Waals surface area contributed by atoms with Crippen LogP contribution in [0.25, 0.3) is 0 Å². The molecule has 0 aliphatic rings. The molecule has 0 fully saturated rings. The SMILES string of the molecule is [CH2]CCCc1ccc(NC(=O)CCCC)cc1. The number of unbranched alkanes of at least 4 members (excludes halogenated alkanes) is 2. The highest BCUT2D eigenvalue weighted by Crippen LogP contribution is 2.12. The summed E-state index contributed by atoms with van der Waals surface area (Å²) in [6, 6.07) is 8.10. The Morgan fingerprint density at radius 1 is 1.24 bits per heavy atom. The zero-order valence-electron chi connectivity index (χ0n) is 10.7. The van der Waals surface area contributed by atoms with Gasteiger partial charge in [0, 0.05) is 12.1 Å². The number of benzene rings is 1. The molecule has 1 N–H and O–H groups in total. The first-order valence-corrected chi connectivity index (χ1v) is 6.44. The molecule has 0 saturated carbocycles. The van der Waals surface area contributed by atoms with E-state index in [1.807, 2.05) is 12.1 Å². The van der Waals surface area contributed by atoms with Crippen molar-refractivity contribution in [2.75, 3.05) is 5.32 Å². The second-order valence-corrected chi connectivity index (χ2v) is 4.31. The fourth-order valence-corrected chi connectivity index (χ4v) is 1.64. The zero-order chi connectivity index (χ0) is 12.5. The molecule has 1 radical (unpaired) electrons. The maximum Gasteiger partial charge on any atom is 0.224 e. The van der Waals surface area contributed by atoms with Crippen LogP contribution in [0.5, 0.6) is 0 Å². The number of carbonyl (C=O) groups is 1. The van der Waals surface area contributed by atoms with Crippen molar-refractivity contribution in [3.05, 3.63) is 36.8 Å². The lowest BCUT2D eigenvalue weighted by Gasteiger charge is -2.06. The molecular formula is C15H22NO. The van der Waals surface area contributed by atoms with Crippen LogP contribution in [0.2, 0.25) is 0 Å². The molecule has 0 atom stereocenters. The van der Waals surface area contributed by atoms with Crippen molar-refractivity contribution in [1.29, 1.82) is 0 Å². The molecule has 93 valence electrons. The molecule has 0 aliphatic heterocycles. The van der Waals surface area contributed by atoms with Crippen molar-refractivity contribution in [1.82, 2.24) is 0 Å². The van der Waals surface area contributed by atoms with Crippen LogP contribution in [0.15, 0.2) is 24.3 Å². The Kier molecular flexibility index (Phi) is 6.38. The fourth-order valence-electron chi connectivity index (χ4n) is 1.64. The Morgan fingerprint density at radius 2 is 1.94 bits per heavy atom. The highest BCUT2D eigenvalue weighted by molar-refractivity contribution is 5.90. The quantitative estimate of drug-likeness (QED) is 0.757. The number of carbonyl (C=O) groups excluding carboxylic acids is 1. The third-order valence-electron chi connectivity index (χ3n) is 2.71. The van der Waals surface area contributed by atoms with Gasteiger partial charge in [-0.05, 0) is 37.0 Å². The molecule has 0 aliphatic carbocycles. The summed E-state index contributed by atoms with van der Waals surface area (Å²) < 4.78 is 0. The lowest BCUT2D eigenvalue weighted by atomic mass is 10.1. The van der Waals surface area contributed by atoms with Crippen molar-refractivity contribution in [2.45, 2.75) is 45.4 Å². The summed E-state index contributed by atoms with van der Waals surface area (Å²) in [6.45, 7) is 5.92. The van der Waals surface area contributed by atoms with E-state index in [9.17, 15) is 4.79 Å². The van der Waals surface area contributed by atoms with Gasteiger partial charge in [-0.3, -0.25) is 4.79 Å². The Balaban J connectivity index is 2.42. The fraction of sp³-hybridized carbons (Fsp3) is 0.467. The molecule has 1 rings (SSSR count).